The molecule has 0 aromatic heterocycles. The van der Waals surface area contributed by atoms with Crippen LogP contribution < -0.4 is 10.1 Å². The van der Waals surface area contributed by atoms with Crippen molar-refractivity contribution in [1.82, 2.24) is 10.2 Å². The normalized spacial score (nSPS) is 15.8. The van der Waals surface area contributed by atoms with E-state index in [4.69, 9.17) is 17.0 Å². The first-order valence-electron chi connectivity index (χ1n) is 7.63. The number of hydrogen-bond acceptors (Lipinski definition) is 3. The summed E-state index contributed by atoms with van der Waals surface area (Å²) in [5.41, 5.74) is 3.59. The first kappa shape index (κ1) is 16.2. The van der Waals surface area contributed by atoms with Crippen LogP contribution in [0, 0.1) is 6.92 Å². The molecule has 122 valence electrons. The van der Waals surface area contributed by atoms with Crippen LogP contribution in [0.1, 0.15) is 16.7 Å². The van der Waals surface area contributed by atoms with Gasteiger partial charge < -0.3 is 10.1 Å². The van der Waals surface area contributed by atoms with Gasteiger partial charge in [0.15, 0.2) is 5.11 Å². The molecular formula is C19H18N2O2S. The molecule has 0 bridgehead atoms. The number of likely N-dealkylation sites (N-methyl/N-ethyl adjacent to an activating group) is 1. The Morgan fingerprint density at radius 3 is 2.71 bits per heavy atom. The van der Waals surface area contributed by atoms with Gasteiger partial charge in [0.2, 0.25) is 0 Å². The van der Waals surface area contributed by atoms with Crippen LogP contribution in [0.4, 0.5) is 0 Å². The van der Waals surface area contributed by atoms with Crippen molar-refractivity contribution in [3.8, 4) is 5.75 Å². The minimum atomic E-state index is -0.145. The Morgan fingerprint density at radius 1 is 1.21 bits per heavy atom. The average molecular weight is 338 g/mol. The second kappa shape index (κ2) is 6.84. The predicted molar refractivity (Wildman–Crippen MR) is 98.4 cm³/mol. The van der Waals surface area contributed by atoms with E-state index in [9.17, 15) is 4.79 Å². The lowest BCUT2D eigenvalue weighted by molar-refractivity contribution is -0.121. The van der Waals surface area contributed by atoms with E-state index in [1.165, 1.54) is 10.5 Å². The number of nitrogens with zero attached hydrogens (tertiary/aromatic N) is 1. The predicted octanol–water partition coefficient (Wildman–Crippen LogP) is 3.26. The maximum absolute atomic E-state index is 12.1. The number of aryl methyl sites for hydroxylation is 1. The zero-order valence-electron chi connectivity index (χ0n) is 13.6. The van der Waals surface area contributed by atoms with E-state index in [1.54, 1.807) is 13.1 Å². The van der Waals surface area contributed by atoms with Gasteiger partial charge in [-0.05, 0) is 36.8 Å². The Bertz CT molecular complexity index is 830. The fourth-order valence-corrected chi connectivity index (χ4v) is 2.67. The van der Waals surface area contributed by atoms with E-state index in [0.717, 1.165) is 16.9 Å². The Labute approximate surface area is 146 Å². The number of carbonyl (C=O) groups is 1. The SMILES string of the molecule is Cc1cccc(COc2ccccc2C=C2NC(=S)N(C)C2=O)c1. The molecule has 1 heterocycles. The molecule has 0 spiro atoms. The lowest BCUT2D eigenvalue weighted by Crippen LogP contribution is -2.25. The van der Waals surface area contributed by atoms with Crippen molar-refractivity contribution in [2.24, 2.45) is 0 Å². The van der Waals surface area contributed by atoms with Gasteiger partial charge in [0.05, 0.1) is 0 Å². The van der Waals surface area contributed by atoms with Crippen LogP contribution in [-0.4, -0.2) is 23.0 Å². The van der Waals surface area contributed by atoms with Crippen molar-refractivity contribution in [1.29, 1.82) is 0 Å². The molecule has 2 aromatic carbocycles. The molecule has 0 atom stereocenters. The van der Waals surface area contributed by atoms with Gasteiger partial charge >= 0.3 is 0 Å². The van der Waals surface area contributed by atoms with Crippen LogP contribution >= 0.6 is 12.2 Å². The molecule has 4 nitrogen and oxygen atoms in total. The summed E-state index contributed by atoms with van der Waals surface area (Å²) >= 11 is 5.09. The highest BCUT2D eigenvalue weighted by Crippen LogP contribution is 2.23. The van der Waals surface area contributed by atoms with Crippen LogP contribution in [0.15, 0.2) is 54.2 Å². The molecular weight excluding hydrogens is 320 g/mol. The molecule has 0 saturated carbocycles. The Kier molecular flexibility index (Phi) is 4.62. The second-order valence-corrected chi connectivity index (χ2v) is 6.05. The highest BCUT2D eigenvalue weighted by Gasteiger charge is 2.27. The van der Waals surface area contributed by atoms with Gasteiger partial charge in [-0.15, -0.1) is 0 Å². The van der Waals surface area contributed by atoms with Gasteiger partial charge in [-0.3, -0.25) is 9.69 Å². The van der Waals surface area contributed by atoms with Crippen molar-refractivity contribution in [2.75, 3.05) is 7.05 Å². The number of ether oxygens (including phenoxy) is 1. The number of amides is 1. The quantitative estimate of drug-likeness (QED) is 0.686. The maximum Gasteiger partial charge on any atom is 0.276 e. The summed E-state index contributed by atoms with van der Waals surface area (Å²) in [6.45, 7) is 2.53. The Morgan fingerprint density at radius 2 is 2.00 bits per heavy atom. The molecule has 2 aromatic rings. The van der Waals surface area contributed by atoms with Gasteiger partial charge in [0, 0.05) is 12.6 Å². The summed E-state index contributed by atoms with van der Waals surface area (Å²) in [7, 11) is 1.65. The number of carbonyl (C=O) groups excluding carboxylic acids is 1. The summed E-state index contributed by atoms with van der Waals surface area (Å²) in [6, 6.07) is 15.8. The van der Waals surface area contributed by atoms with E-state index < -0.39 is 0 Å². The van der Waals surface area contributed by atoms with E-state index in [2.05, 4.69) is 24.4 Å². The van der Waals surface area contributed by atoms with Gasteiger partial charge in [-0.2, -0.15) is 0 Å². The fourth-order valence-electron chi connectivity index (χ4n) is 2.47. The van der Waals surface area contributed by atoms with E-state index in [-0.39, 0.29) is 5.91 Å². The van der Waals surface area contributed by atoms with Crippen LogP contribution in [-0.2, 0) is 11.4 Å². The third-order valence-corrected chi connectivity index (χ3v) is 4.15. The van der Waals surface area contributed by atoms with Crippen LogP contribution in [0.3, 0.4) is 0 Å². The number of hydrogen-bond donors (Lipinski definition) is 1. The molecule has 1 saturated heterocycles. The average Bonchev–Trinajstić information content (AvgIpc) is 2.81. The molecule has 1 amide bonds. The van der Waals surface area contributed by atoms with Crippen LogP contribution in [0.2, 0.25) is 0 Å². The summed E-state index contributed by atoms with van der Waals surface area (Å²) in [5.74, 6) is 0.579. The highest BCUT2D eigenvalue weighted by molar-refractivity contribution is 7.80. The summed E-state index contributed by atoms with van der Waals surface area (Å²) in [6.07, 6.45) is 1.77. The van der Waals surface area contributed by atoms with Gasteiger partial charge in [-0.25, -0.2) is 0 Å². The van der Waals surface area contributed by atoms with Crippen LogP contribution in [0.5, 0.6) is 5.75 Å². The monoisotopic (exact) mass is 338 g/mol. The molecule has 0 radical (unpaired) electrons. The molecule has 5 heteroatoms. The van der Waals surface area contributed by atoms with Gasteiger partial charge in [-0.1, -0.05) is 48.0 Å². The van der Waals surface area contributed by atoms with Crippen molar-refractivity contribution in [2.45, 2.75) is 13.5 Å². The van der Waals surface area contributed by atoms with E-state index in [0.29, 0.717) is 17.4 Å². The Balaban J connectivity index is 1.81. The van der Waals surface area contributed by atoms with Gasteiger partial charge in [0.25, 0.3) is 5.91 Å². The molecule has 0 unspecified atom stereocenters. The first-order chi connectivity index (χ1) is 11.5. The highest BCUT2D eigenvalue weighted by atomic mass is 32.1. The van der Waals surface area contributed by atoms with Crippen molar-refractivity contribution < 1.29 is 9.53 Å². The zero-order chi connectivity index (χ0) is 17.1. The minimum absolute atomic E-state index is 0.145. The summed E-state index contributed by atoms with van der Waals surface area (Å²) in [4.78, 5) is 13.5. The summed E-state index contributed by atoms with van der Waals surface area (Å²) in [5, 5.41) is 3.33. The van der Waals surface area contributed by atoms with E-state index in [1.807, 2.05) is 36.4 Å². The molecule has 24 heavy (non-hydrogen) atoms. The lowest BCUT2D eigenvalue weighted by atomic mass is 10.1. The zero-order valence-corrected chi connectivity index (χ0v) is 14.4. The van der Waals surface area contributed by atoms with Crippen molar-refractivity contribution in [3.63, 3.8) is 0 Å². The molecule has 1 aliphatic rings. The third kappa shape index (κ3) is 3.46. The van der Waals surface area contributed by atoms with Gasteiger partial charge in [0.1, 0.15) is 18.1 Å². The number of benzene rings is 2. The maximum atomic E-state index is 12.1. The number of nitrogens with one attached hydrogen (secondary N) is 1. The van der Waals surface area contributed by atoms with Crippen molar-refractivity contribution in [3.05, 3.63) is 70.9 Å². The molecule has 1 aliphatic heterocycles. The smallest absolute Gasteiger partial charge is 0.276 e. The number of thiocarbonyl (C=S) groups is 1. The van der Waals surface area contributed by atoms with Crippen LogP contribution in [0.25, 0.3) is 6.08 Å². The molecule has 3 rings (SSSR count). The topological polar surface area (TPSA) is 41.6 Å². The fraction of sp³-hybridized carbons (Fsp3) is 0.158. The van der Waals surface area contributed by atoms with E-state index >= 15 is 0 Å². The molecule has 1 fully saturated rings. The number of rotatable bonds is 4. The minimum Gasteiger partial charge on any atom is -0.488 e. The standard InChI is InChI=1S/C19H18N2O2S/c1-13-6-5-7-14(10-13)12-23-17-9-4-3-8-15(17)11-16-18(22)21(2)19(24)20-16/h3-11H,12H2,1-2H3,(H,20,24). The lowest BCUT2D eigenvalue weighted by Gasteiger charge is -2.10. The number of para-hydroxylation sites is 1. The largest absolute Gasteiger partial charge is 0.488 e. The molecule has 0 aliphatic carbocycles. The van der Waals surface area contributed by atoms with Crippen molar-refractivity contribution >= 4 is 29.3 Å². The third-order valence-electron chi connectivity index (χ3n) is 3.78. The first-order valence-corrected chi connectivity index (χ1v) is 8.03. The molecule has 1 N–H and O–H groups in total. The second-order valence-electron chi connectivity index (χ2n) is 5.67. The summed E-state index contributed by atoms with van der Waals surface area (Å²) < 4.78 is 5.95. The Hall–Kier alpha value is -2.66.